The highest BCUT2D eigenvalue weighted by Gasteiger charge is 2.16. The van der Waals surface area contributed by atoms with Crippen LogP contribution in [-0.4, -0.2) is 25.3 Å². The summed E-state index contributed by atoms with van der Waals surface area (Å²) in [5.74, 6) is 1.07. The second kappa shape index (κ2) is 9.26. The van der Waals surface area contributed by atoms with Crippen molar-refractivity contribution < 1.29 is 13.2 Å². The molecule has 0 amide bonds. The summed E-state index contributed by atoms with van der Waals surface area (Å²) in [7, 11) is -1.73. The Balaban J connectivity index is 0.000000228. The van der Waals surface area contributed by atoms with Crippen molar-refractivity contribution in [2.75, 3.05) is 12.9 Å². The van der Waals surface area contributed by atoms with E-state index in [0.29, 0.717) is 5.52 Å². The zero-order valence-electron chi connectivity index (χ0n) is 14.2. The third-order valence-corrected chi connectivity index (χ3v) is 6.09. The van der Waals surface area contributed by atoms with Gasteiger partial charge in [0.1, 0.15) is 5.75 Å². The Morgan fingerprint density at radius 2 is 1.85 bits per heavy atom. The average Bonchev–Trinajstić information content (AvgIpc) is 3.02. The van der Waals surface area contributed by atoms with Crippen molar-refractivity contribution in [1.29, 1.82) is 0 Å². The monoisotopic (exact) mass is 455 g/mol. The molecule has 3 aromatic rings. The van der Waals surface area contributed by atoms with Crippen molar-refractivity contribution in [1.82, 2.24) is 3.97 Å². The van der Waals surface area contributed by atoms with Gasteiger partial charge in [-0.15, -0.1) is 18.2 Å². The number of methoxy groups -OCH3 is 1. The molecule has 1 aromatic heterocycles. The van der Waals surface area contributed by atoms with E-state index in [1.165, 1.54) is 10.0 Å². The molecule has 0 radical (unpaired) electrons. The summed E-state index contributed by atoms with van der Waals surface area (Å²) in [6, 6.07) is 15.0. The molecular weight excluding hydrogens is 438 g/mol. The van der Waals surface area contributed by atoms with Crippen LogP contribution in [0.3, 0.4) is 0 Å². The predicted molar refractivity (Wildman–Crippen MR) is 112 cm³/mol. The van der Waals surface area contributed by atoms with Crippen LogP contribution in [0.15, 0.2) is 71.9 Å². The minimum absolute atomic E-state index is 0.0899. The van der Waals surface area contributed by atoms with Gasteiger partial charge in [0.15, 0.2) is 0 Å². The summed E-state index contributed by atoms with van der Waals surface area (Å²) in [5.41, 5.74) is 1.47. The van der Waals surface area contributed by atoms with E-state index in [9.17, 15) is 8.42 Å². The molecule has 26 heavy (non-hydrogen) atoms. The molecule has 1 heterocycles. The average molecular weight is 457 g/mol. The van der Waals surface area contributed by atoms with Crippen molar-refractivity contribution in [3.63, 3.8) is 0 Å². The SMILES string of the molecule is C=CCS(=O)(=O)n1cc(CCl)c2ccccc21.COc1ccccc1Br. The first-order chi connectivity index (χ1) is 12.4. The molecule has 3 rings (SSSR count). The number of hydrogen-bond donors (Lipinski definition) is 0. The fourth-order valence-corrected chi connectivity index (χ4v) is 4.26. The number of para-hydroxylation sites is 2. The van der Waals surface area contributed by atoms with Gasteiger partial charge in [-0.05, 0) is 39.7 Å². The largest absolute Gasteiger partial charge is 0.496 e. The first-order valence-electron chi connectivity index (χ1n) is 7.72. The van der Waals surface area contributed by atoms with Gasteiger partial charge >= 0.3 is 0 Å². The van der Waals surface area contributed by atoms with Crippen molar-refractivity contribution >= 4 is 48.5 Å². The third kappa shape index (κ3) is 4.69. The number of hydrogen-bond acceptors (Lipinski definition) is 3. The van der Waals surface area contributed by atoms with Crippen LogP contribution in [-0.2, 0) is 15.9 Å². The van der Waals surface area contributed by atoms with Gasteiger partial charge in [-0.1, -0.05) is 36.4 Å². The summed E-state index contributed by atoms with van der Waals surface area (Å²) in [6.07, 6.45) is 2.96. The quantitative estimate of drug-likeness (QED) is 0.391. The molecule has 0 N–H and O–H groups in total. The molecule has 0 aliphatic rings. The smallest absolute Gasteiger partial charge is 0.242 e. The molecule has 0 spiro atoms. The van der Waals surface area contributed by atoms with Crippen LogP contribution in [0.25, 0.3) is 10.9 Å². The van der Waals surface area contributed by atoms with E-state index in [1.807, 2.05) is 36.4 Å². The van der Waals surface area contributed by atoms with Crippen molar-refractivity contribution in [2.24, 2.45) is 0 Å². The predicted octanol–water partition coefficient (Wildman–Crippen LogP) is 5.20. The van der Waals surface area contributed by atoms with Gasteiger partial charge in [0, 0.05) is 17.5 Å². The second-order valence-corrected chi connectivity index (χ2v) is 8.31. The summed E-state index contributed by atoms with van der Waals surface area (Å²) in [4.78, 5) is 0. The van der Waals surface area contributed by atoms with Crippen LogP contribution in [0.5, 0.6) is 5.75 Å². The molecule has 4 nitrogen and oxygen atoms in total. The first kappa shape index (κ1) is 20.6. The minimum Gasteiger partial charge on any atom is -0.496 e. The highest BCUT2D eigenvalue weighted by atomic mass is 79.9. The lowest BCUT2D eigenvalue weighted by Crippen LogP contribution is -2.14. The van der Waals surface area contributed by atoms with Gasteiger partial charge in [-0.3, -0.25) is 0 Å². The van der Waals surface area contributed by atoms with Crippen molar-refractivity contribution in [2.45, 2.75) is 5.88 Å². The highest BCUT2D eigenvalue weighted by molar-refractivity contribution is 9.10. The Morgan fingerprint density at radius 1 is 1.19 bits per heavy atom. The molecule has 0 fully saturated rings. The topological polar surface area (TPSA) is 48.3 Å². The van der Waals surface area contributed by atoms with Gasteiger partial charge in [-0.2, -0.15) is 0 Å². The van der Waals surface area contributed by atoms with Gasteiger partial charge in [0.2, 0.25) is 10.0 Å². The second-order valence-electron chi connectivity index (χ2n) is 5.30. The Labute approximate surface area is 167 Å². The van der Waals surface area contributed by atoms with Crippen LogP contribution in [0.1, 0.15) is 5.56 Å². The third-order valence-electron chi connectivity index (χ3n) is 3.59. The van der Waals surface area contributed by atoms with E-state index < -0.39 is 10.0 Å². The van der Waals surface area contributed by atoms with Crippen molar-refractivity contribution in [3.8, 4) is 5.75 Å². The number of rotatable bonds is 5. The van der Waals surface area contributed by atoms with E-state index in [4.69, 9.17) is 16.3 Å². The summed E-state index contributed by atoms with van der Waals surface area (Å²) in [5, 5.41) is 0.870. The van der Waals surface area contributed by atoms with Crippen LogP contribution in [0.2, 0.25) is 0 Å². The fraction of sp³-hybridized carbons (Fsp3) is 0.158. The van der Waals surface area contributed by atoms with Crippen molar-refractivity contribution in [3.05, 3.63) is 77.4 Å². The molecule has 0 atom stereocenters. The summed E-state index contributed by atoms with van der Waals surface area (Å²) < 4.78 is 31.3. The van der Waals surface area contributed by atoms with Gasteiger partial charge < -0.3 is 4.74 Å². The molecular formula is C19H19BrClNO3S. The maximum absolute atomic E-state index is 12.0. The Kier molecular flexibility index (Phi) is 7.32. The van der Waals surface area contributed by atoms with E-state index in [2.05, 4.69) is 22.5 Å². The van der Waals surface area contributed by atoms with E-state index in [0.717, 1.165) is 21.2 Å². The van der Waals surface area contributed by atoms with Crippen LogP contribution < -0.4 is 4.74 Å². The molecule has 138 valence electrons. The maximum atomic E-state index is 12.0. The molecule has 0 saturated carbocycles. The summed E-state index contributed by atoms with van der Waals surface area (Å²) >= 11 is 9.15. The highest BCUT2D eigenvalue weighted by Crippen LogP contribution is 2.24. The zero-order valence-corrected chi connectivity index (χ0v) is 17.4. The number of aromatic nitrogens is 1. The fourth-order valence-electron chi connectivity index (χ4n) is 2.39. The molecule has 0 aliphatic heterocycles. The van der Waals surface area contributed by atoms with Crippen LogP contribution in [0, 0.1) is 0 Å². The Bertz CT molecular complexity index is 999. The molecule has 0 aliphatic carbocycles. The maximum Gasteiger partial charge on any atom is 0.242 e. The molecule has 0 saturated heterocycles. The van der Waals surface area contributed by atoms with E-state index in [-0.39, 0.29) is 11.6 Å². The lowest BCUT2D eigenvalue weighted by atomic mass is 10.2. The van der Waals surface area contributed by atoms with Gasteiger partial charge in [0.25, 0.3) is 0 Å². The normalized spacial score (nSPS) is 10.9. The molecule has 7 heteroatoms. The number of nitrogens with zero attached hydrogens (tertiary/aromatic N) is 1. The zero-order chi connectivity index (χ0) is 19.2. The Hall–Kier alpha value is -1.76. The number of halogens is 2. The lowest BCUT2D eigenvalue weighted by molar-refractivity contribution is 0.412. The van der Waals surface area contributed by atoms with Gasteiger partial charge in [0.05, 0.1) is 22.9 Å². The number of benzene rings is 2. The van der Waals surface area contributed by atoms with Gasteiger partial charge in [-0.25, -0.2) is 12.4 Å². The van der Waals surface area contributed by atoms with E-state index >= 15 is 0 Å². The number of ether oxygens (including phenoxy) is 1. The molecule has 0 unspecified atom stereocenters. The summed E-state index contributed by atoms with van der Waals surface area (Å²) in [6.45, 7) is 3.46. The van der Waals surface area contributed by atoms with Crippen LogP contribution >= 0.6 is 27.5 Å². The first-order valence-corrected chi connectivity index (χ1v) is 10.7. The standard InChI is InChI=1S/C12H12ClNO2S.C7H7BrO/c1-2-7-17(15,16)14-9-10(8-13)11-5-3-4-6-12(11)14;1-9-7-5-3-2-4-6(7)8/h2-6,9H,1,7-8H2;2-5H,1H3. The number of fused-ring (bicyclic) bond motifs is 1. The Morgan fingerprint density at radius 3 is 2.42 bits per heavy atom. The van der Waals surface area contributed by atoms with Crippen LogP contribution in [0.4, 0.5) is 0 Å². The lowest BCUT2D eigenvalue weighted by Gasteiger charge is -2.04. The molecule has 2 aromatic carbocycles. The molecule has 0 bridgehead atoms. The van der Waals surface area contributed by atoms with E-state index in [1.54, 1.807) is 25.4 Å². The minimum atomic E-state index is -3.39. The number of alkyl halides is 1.